The van der Waals surface area contributed by atoms with Crippen LogP contribution in [0.25, 0.3) is 0 Å². The Labute approximate surface area is 163 Å². The van der Waals surface area contributed by atoms with Gasteiger partial charge in [-0.25, -0.2) is 4.98 Å². The molecule has 0 saturated heterocycles. The second-order valence-corrected chi connectivity index (χ2v) is 7.68. The van der Waals surface area contributed by atoms with Gasteiger partial charge in [0.15, 0.2) is 5.17 Å². The Morgan fingerprint density at radius 3 is 2.74 bits per heavy atom. The summed E-state index contributed by atoms with van der Waals surface area (Å²) in [6, 6.07) is 11.3. The first-order valence-electron chi connectivity index (χ1n) is 9.00. The van der Waals surface area contributed by atoms with Crippen molar-refractivity contribution in [1.29, 1.82) is 0 Å². The van der Waals surface area contributed by atoms with Crippen LogP contribution in [0.2, 0.25) is 0 Å². The zero-order chi connectivity index (χ0) is 19.3. The Morgan fingerprint density at radius 2 is 2.07 bits per heavy atom. The molecule has 3 rings (SSSR count). The standard InChI is InChI=1S/C20H25N5OS/c1-27-19(22)24-13-20(9-2-3-10-20)14-5-4-6-16(11-14)25-18(26)17-8-7-15(21)12-23-17/h4-8,11-12H,2-3,9-10,13,21H2,1H3,(H2,22,24)(H,25,26). The number of nitrogen functional groups attached to an aromatic ring is 1. The summed E-state index contributed by atoms with van der Waals surface area (Å²) in [5.74, 6) is -0.253. The molecule has 1 aliphatic rings. The van der Waals surface area contributed by atoms with Gasteiger partial charge >= 0.3 is 0 Å². The predicted molar refractivity (Wildman–Crippen MR) is 113 cm³/mol. The minimum atomic E-state index is -0.253. The fraction of sp³-hybridized carbons (Fsp3) is 0.350. The first-order chi connectivity index (χ1) is 13.0. The van der Waals surface area contributed by atoms with Crippen molar-refractivity contribution in [2.45, 2.75) is 31.1 Å². The first kappa shape index (κ1) is 19.2. The van der Waals surface area contributed by atoms with E-state index in [2.05, 4.69) is 21.4 Å². The smallest absolute Gasteiger partial charge is 0.274 e. The molecule has 1 aromatic carbocycles. The van der Waals surface area contributed by atoms with Crippen molar-refractivity contribution in [2.75, 3.05) is 23.9 Å². The topological polar surface area (TPSA) is 106 Å². The van der Waals surface area contributed by atoms with E-state index in [4.69, 9.17) is 11.5 Å². The molecule has 1 aromatic heterocycles. The van der Waals surface area contributed by atoms with E-state index in [1.54, 1.807) is 12.1 Å². The zero-order valence-corrected chi connectivity index (χ0v) is 16.3. The monoisotopic (exact) mass is 383 g/mol. The lowest BCUT2D eigenvalue weighted by molar-refractivity contribution is 0.102. The summed E-state index contributed by atoms with van der Waals surface area (Å²) in [6.07, 6.45) is 7.93. The van der Waals surface area contributed by atoms with Gasteiger partial charge in [0.05, 0.1) is 18.4 Å². The Bertz CT molecular complexity index is 829. The maximum atomic E-state index is 12.4. The number of hydrogen-bond acceptors (Lipinski definition) is 5. The SMILES string of the molecule is CS/C(N)=N\CC1(c2cccc(NC(=O)c3ccc(N)cn3)c2)CCCC1. The van der Waals surface area contributed by atoms with Crippen molar-refractivity contribution in [1.82, 2.24) is 4.98 Å². The van der Waals surface area contributed by atoms with Gasteiger partial charge in [0.25, 0.3) is 5.91 Å². The van der Waals surface area contributed by atoms with Gasteiger partial charge in [0, 0.05) is 11.1 Å². The highest BCUT2D eigenvalue weighted by molar-refractivity contribution is 8.13. The molecule has 1 heterocycles. The normalized spacial score (nSPS) is 16.3. The molecule has 0 atom stereocenters. The van der Waals surface area contributed by atoms with Gasteiger partial charge in [0.2, 0.25) is 0 Å². The van der Waals surface area contributed by atoms with Crippen molar-refractivity contribution in [3.8, 4) is 0 Å². The predicted octanol–water partition coefficient (Wildman–Crippen LogP) is 3.41. The summed E-state index contributed by atoms with van der Waals surface area (Å²) in [6.45, 7) is 0.677. The maximum absolute atomic E-state index is 12.4. The molecule has 5 N–H and O–H groups in total. The minimum Gasteiger partial charge on any atom is -0.397 e. The van der Waals surface area contributed by atoms with Gasteiger partial charge in [0.1, 0.15) is 5.69 Å². The number of anilines is 2. The summed E-state index contributed by atoms with van der Waals surface area (Å²) in [5.41, 5.74) is 14.3. The number of carbonyl (C=O) groups excluding carboxylic acids is 1. The van der Waals surface area contributed by atoms with E-state index < -0.39 is 0 Å². The minimum absolute atomic E-state index is 0.0134. The van der Waals surface area contributed by atoms with E-state index in [0.717, 1.165) is 18.5 Å². The highest BCUT2D eigenvalue weighted by Crippen LogP contribution is 2.42. The zero-order valence-electron chi connectivity index (χ0n) is 15.4. The Morgan fingerprint density at radius 1 is 1.30 bits per heavy atom. The van der Waals surface area contributed by atoms with E-state index in [9.17, 15) is 4.79 Å². The van der Waals surface area contributed by atoms with Crippen LogP contribution < -0.4 is 16.8 Å². The molecule has 0 unspecified atom stereocenters. The Kier molecular flexibility index (Phi) is 6.01. The van der Waals surface area contributed by atoms with E-state index in [-0.39, 0.29) is 11.3 Å². The second-order valence-electron chi connectivity index (χ2n) is 6.86. The lowest BCUT2D eigenvalue weighted by atomic mass is 9.79. The van der Waals surface area contributed by atoms with Crippen LogP contribution in [-0.4, -0.2) is 28.9 Å². The highest BCUT2D eigenvalue weighted by Gasteiger charge is 2.35. The fourth-order valence-corrected chi connectivity index (χ4v) is 3.74. The summed E-state index contributed by atoms with van der Waals surface area (Å²) >= 11 is 1.47. The molecule has 27 heavy (non-hydrogen) atoms. The number of amidine groups is 1. The molecule has 1 amide bonds. The third-order valence-electron chi connectivity index (χ3n) is 5.06. The summed E-state index contributed by atoms with van der Waals surface area (Å²) < 4.78 is 0. The molecular formula is C20H25N5OS. The fourth-order valence-electron chi connectivity index (χ4n) is 3.55. The highest BCUT2D eigenvalue weighted by atomic mass is 32.2. The van der Waals surface area contributed by atoms with Crippen LogP contribution >= 0.6 is 11.8 Å². The summed E-state index contributed by atoms with van der Waals surface area (Å²) in [7, 11) is 0. The van der Waals surface area contributed by atoms with Crippen LogP contribution in [0.15, 0.2) is 47.6 Å². The largest absolute Gasteiger partial charge is 0.397 e. The third-order valence-corrected chi connectivity index (χ3v) is 5.61. The molecule has 0 aliphatic heterocycles. The summed E-state index contributed by atoms with van der Waals surface area (Å²) in [5, 5.41) is 3.54. The molecule has 0 radical (unpaired) electrons. The summed E-state index contributed by atoms with van der Waals surface area (Å²) in [4.78, 5) is 21.1. The van der Waals surface area contributed by atoms with Crippen LogP contribution in [0.5, 0.6) is 0 Å². The Hall–Kier alpha value is -2.54. The van der Waals surface area contributed by atoms with Crippen molar-refractivity contribution < 1.29 is 4.79 Å². The lowest BCUT2D eigenvalue weighted by Crippen LogP contribution is -2.27. The number of nitrogens with one attached hydrogen (secondary N) is 1. The van der Waals surface area contributed by atoms with Crippen LogP contribution in [-0.2, 0) is 5.41 Å². The lowest BCUT2D eigenvalue weighted by Gasteiger charge is -2.28. The van der Waals surface area contributed by atoms with E-state index in [1.165, 1.54) is 36.4 Å². The van der Waals surface area contributed by atoms with Crippen LogP contribution in [0, 0.1) is 0 Å². The number of amides is 1. The number of nitrogens with zero attached hydrogens (tertiary/aromatic N) is 2. The number of rotatable bonds is 5. The number of nitrogens with two attached hydrogens (primary N) is 2. The number of thioether (sulfide) groups is 1. The molecular weight excluding hydrogens is 358 g/mol. The molecule has 0 spiro atoms. The molecule has 1 aliphatic carbocycles. The number of aromatic nitrogens is 1. The van der Waals surface area contributed by atoms with Crippen LogP contribution in [0.1, 0.15) is 41.7 Å². The number of hydrogen-bond donors (Lipinski definition) is 3. The van der Waals surface area contributed by atoms with Gasteiger partial charge < -0.3 is 16.8 Å². The second kappa shape index (κ2) is 8.43. The van der Waals surface area contributed by atoms with Crippen molar-refractivity contribution in [3.05, 3.63) is 53.9 Å². The molecule has 1 saturated carbocycles. The third kappa shape index (κ3) is 4.60. The number of carbonyl (C=O) groups is 1. The first-order valence-corrected chi connectivity index (χ1v) is 10.2. The van der Waals surface area contributed by atoms with E-state index in [0.29, 0.717) is 23.1 Å². The molecule has 142 valence electrons. The molecule has 7 heteroatoms. The number of benzene rings is 1. The van der Waals surface area contributed by atoms with E-state index >= 15 is 0 Å². The van der Waals surface area contributed by atoms with Gasteiger partial charge in [-0.05, 0) is 48.9 Å². The van der Waals surface area contributed by atoms with Gasteiger partial charge in [-0.3, -0.25) is 9.79 Å². The maximum Gasteiger partial charge on any atom is 0.274 e. The van der Waals surface area contributed by atoms with Crippen LogP contribution in [0.3, 0.4) is 0 Å². The average Bonchev–Trinajstić information content (AvgIpc) is 3.17. The Balaban J connectivity index is 1.81. The molecule has 0 bridgehead atoms. The van der Waals surface area contributed by atoms with Crippen molar-refractivity contribution in [3.63, 3.8) is 0 Å². The quantitative estimate of drug-likeness (QED) is 0.542. The number of pyridine rings is 1. The molecule has 6 nitrogen and oxygen atoms in total. The number of aliphatic imine (C=N–C) groups is 1. The van der Waals surface area contributed by atoms with Gasteiger partial charge in [-0.15, -0.1) is 0 Å². The van der Waals surface area contributed by atoms with Gasteiger partial charge in [-0.1, -0.05) is 36.7 Å². The van der Waals surface area contributed by atoms with E-state index in [1.807, 2.05) is 24.5 Å². The average molecular weight is 384 g/mol. The van der Waals surface area contributed by atoms with Crippen LogP contribution in [0.4, 0.5) is 11.4 Å². The van der Waals surface area contributed by atoms with Gasteiger partial charge in [-0.2, -0.15) is 0 Å². The van der Waals surface area contributed by atoms with Crippen molar-refractivity contribution in [2.24, 2.45) is 10.7 Å². The van der Waals surface area contributed by atoms with Crippen molar-refractivity contribution >= 4 is 34.2 Å². The molecule has 1 fully saturated rings. The molecule has 2 aromatic rings.